The van der Waals surface area contributed by atoms with Gasteiger partial charge in [-0.05, 0) is 25.5 Å². The van der Waals surface area contributed by atoms with Gasteiger partial charge in [0.1, 0.15) is 5.75 Å². The van der Waals surface area contributed by atoms with Crippen LogP contribution in [0.1, 0.15) is 35.8 Å². The lowest BCUT2D eigenvalue weighted by Gasteiger charge is -2.17. The zero-order valence-electron chi connectivity index (χ0n) is 12.7. The number of carbonyl (C=O) groups is 1. The van der Waals surface area contributed by atoms with Crippen LogP contribution in [0.5, 0.6) is 5.75 Å². The summed E-state index contributed by atoms with van der Waals surface area (Å²) in [5.41, 5.74) is 1.24. The minimum Gasteiger partial charge on any atom is -0.489 e. The molecule has 0 fully saturated rings. The first kappa shape index (κ1) is 16.0. The van der Waals surface area contributed by atoms with Crippen molar-refractivity contribution in [2.45, 2.75) is 26.0 Å². The lowest BCUT2D eigenvalue weighted by molar-refractivity contribution is 0.0915. The standard InChI is InChI=1S/C17H20N2O3/c1-12(2)22-15-8-14(9-18-10-15)17(21)19-16(11-20)13-6-4-3-5-7-13/h3-10,12,16,20H,11H2,1-2H3,(H,19,21). The van der Waals surface area contributed by atoms with Crippen molar-refractivity contribution < 1.29 is 14.6 Å². The van der Waals surface area contributed by atoms with Crippen LogP contribution in [0, 0.1) is 0 Å². The fourth-order valence-corrected chi connectivity index (χ4v) is 2.04. The summed E-state index contributed by atoms with van der Waals surface area (Å²) < 4.78 is 5.53. The Labute approximate surface area is 130 Å². The molecule has 0 radical (unpaired) electrons. The lowest BCUT2D eigenvalue weighted by atomic mass is 10.1. The van der Waals surface area contributed by atoms with Crippen LogP contribution in [-0.2, 0) is 0 Å². The maximum Gasteiger partial charge on any atom is 0.253 e. The maximum absolute atomic E-state index is 12.3. The van der Waals surface area contributed by atoms with Gasteiger partial charge in [0.15, 0.2) is 0 Å². The number of hydrogen-bond donors (Lipinski definition) is 2. The summed E-state index contributed by atoms with van der Waals surface area (Å²) in [5.74, 6) is 0.243. The third-order valence-electron chi connectivity index (χ3n) is 3.04. The average molecular weight is 300 g/mol. The molecule has 2 N–H and O–H groups in total. The molecule has 116 valence electrons. The highest BCUT2D eigenvalue weighted by Gasteiger charge is 2.15. The van der Waals surface area contributed by atoms with E-state index in [0.717, 1.165) is 5.56 Å². The van der Waals surface area contributed by atoms with E-state index in [1.807, 2.05) is 44.2 Å². The van der Waals surface area contributed by atoms with Crippen molar-refractivity contribution in [1.29, 1.82) is 0 Å². The molecule has 0 saturated heterocycles. The third-order valence-corrected chi connectivity index (χ3v) is 3.04. The predicted molar refractivity (Wildman–Crippen MR) is 83.7 cm³/mol. The second-order valence-electron chi connectivity index (χ2n) is 5.20. The Kier molecular flexibility index (Phi) is 5.49. The largest absolute Gasteiger partial charge is 0.489 e. The number of ether oxygens (including phenoxy) is 1. The molecule has 0 spiro atoms. The molecule has 1 amide bonds. The number of aromatic nitrogens is 1. The second-order valence-corrected chi connectivity index (χ2v) is 5.20. The summed E-state index contributed by atoms with van der Waals surface area (Å²) in [4.78, 5) is 16.3. The molecule has 0 bridgehead atoms. The molecule has 22 heavy (non-hydrogen) atoms. The minimum absolute atomic E-state index is 0.00891. The van der Waals surface area contributed by atoms with E-state index in [9.17, 15) is 9.90 Å². The Morgan fingerprint density at radius 1 is 1.27 bits per heavy atom. The highest BCUT2D eigenvalue weighted by atomic mass is 16.5. The van der Waals surface area contributed by atoms with Gasteiger partial charge >= 0.3 is 0 Å². The van der Waals surface area contributed by atoms with Crippen molar-refractivity contribution in [2.24, 2.45) is 0 Å². The minimum atomic E-state index is -0.455. The van der Waals surface area contributed by atoms with Crippen molar-refractivity contribution in [3.05, 3.63) is 59.9 Å². The number of nitrogens with one attached hydrogen (secondary N) is 1. The van der Waals surface area contributed by atoms with Crippen LogP contribution >= 0.6 is 0 Å². The smallest absolute Gasteiger partial charge is 0.253 e. The fraction of sp³-hybridized carbons (Fsp3) is 0.294. The van der Waals surface area contributed by atoms with Gasteiger partial charge in [-0.2, -0.15) is 0 Å². The quantitative estimate of drug-likeness (QED) is 0.859. The molecule has 2 aromatic rings. The molecule has 1 atom stereocenters. The Bertz CT molecular complexity index is 614. The van der Waals surface area contributed by atoms with Gasteiger partial charge in [0.25, 0.3) is 5.91 Å². The Hall–Kier alpha value is -2.40. The number of nitrogens with zero attached hydrogens (tertiary/aromatic N) is 1. The number of amides is 1. The zero-order valence-corrected chi connectivity index (χ0v) is 12.7. The van der Waals surface area contributed by atoms with E-state index in [1.165, 1.54) is 6.20 Å². The second kappa shape index (κ2) is 7.56. The lowest BCUT2D eigenvalue weighted by Crippen LogP contribution is -2.30. The van der Waals surface area contributed by atoms with Gasteiger partial charge in [0.2, 0.25) is 0 Å². The highest BCUT2D eigenvalue weighted by Crippen LogP contribution is 2.16. The number of aliphatic hydroxyl groups is 1. The Morgan fingerprint density at radius 3 is 2.64 bits per heavy atom. The molecule has 1 heterocycles. The van der Waals surface area contributed by atoms with E-state index in [4.69, 9.17) is 4.74 Å². The molecule has 1 aromatic carbocycles. The van der Waals surface area contributed by atoms with E-state index >= 15 is 0 Å². The number of pyridine rings is 1. The molecular weight excluding hydrogens is 280 g/mol. The van der Waals surface area contributed by atoms with Crippen molar-refractivity contribution in [2.75, 3.05) is 6.61 Å². The monoisotopic (exact) mass is 300 g/mol. The SMILES string of the molecule is CC(C)Oc1cncc(C(=O)NC(CO)c2ccccc2)c1. The topological polar surface area (TPSA) is 71.5 Å². The Morgan fingerprint density at radius 2 is 2.00 bits per heavy atom. The maximum atomic E-state index is 12.3. The molecule has 0 saturated carbocycles. The van der Waals surface area contributed by atoms with Crippen LogP contribution in [0.3, 0.4) is 0 Å². The van der Waals surface area contributed by atoms with Gasteiger partial charge in [0.05, 0.1) is 30.5 Å². The molecule has 0 aliphatic rings. The number of rotatable bonds is 6. The van der Waals surface area contributed by atoms with Gasteiger partial charge in [-0.15, -0.1) is 0 Å². The van der Waals surface area contributed by atoms with E-state index in [1.54, 1.807) is 12.3 Å². The van der Waals surface area contributed by atoms with Crippen LogP contribution in [0.2, 0.25) is 0 Å². The summed E-state index contributed by atoms with van der Waals surface area (Å²) in [6.45, 7) is 3.64. The van der Waals surface area contributed by atoms with Gasteiger partial charge in [-0.3, -0.25) is 9.78 Å². The molecule has 2 rings (SSSR count). The average Bonchev–Trinajstić information content (AvgIpc) is 2.53. The van der Waals surface area contributed by atoms with Crippen molar-refractivity contribution in [3.63, 3.8) is 0 Å². The van der Waals surface area contributed by atoms with E-state index in [-0.39, 0.29) is 18.6 Å². The summed E-state index contributed by atoms with van der Waals surface area (Å²) in [6, 6.07) is 10.5. The van der Waals surface area contributed by atoms with E-state index in [0.29, 0.717) is 11.3 Å². The van der Waals surface area contributed by atoms with Crippen LogP contribution < -0.4 is 10.1 Å². The number of hydrogen-bond acceptors (Lipinski definition) is 4. The third kappa shape index (κ3) is 4.30. The normalized spacial score (nSPS) is 12.0. The summed E-state index contributed by atoms with van der Waals surface area (Å²) in [7, 11) is 0. The van der Waals surface area contributed by atoms with Crippen LogP contribution in [0.15, 0.2) is 48.8 Å². The number of benzene rings is 1. The summed E-state index contributed by atoms with van der Waals surface area (Å²) in [5, 5.41) is 12.3. The zero-order chi connectivity index (χ0) is 15.9. The summed E-state index contributed by atoms with van der Waals surface area (Å²) in [6.07, 6.45) is 3.05. The predicted octanol–water partition coefficient (Wildman–Crippen LogP) is 2.33. The first-order chi connectivity index (χ1) is 10.6. The number of carbonyl (C=O) groups excluding carboxylic acids is 1. The fourth-order valence-electron chi connectivity index (χ4n) is 2.04. The van der Waals surface area contributed by atoms with Crippen molar-refractivity contribution in [3.8, 4) is 5.75 Å². The summed E-state index contributed by atoms with van der Waals surface area (Å²) >= 11 is 0. The molecule has 1 unspecified atom stereocenters. The molecule has 5 heteroatoms. The molecule has 1 aromatic heterocycles. The van der Waals surface area contributed by atoms with Gasteiger partial charge < -0.3 is 15.2 Å². The van der Waals surface area contributed by atoms with Crippen LogP contribution in [-0.4, -0.2) is 28.7 Å². The Balaban J connectivity index is 2.11. The highest BCUT2D eigenvalue weighted by molar-refractivity contribution is 5.94. The first-order valence-corrected chi connectivity index (χ1v) is 7.18. The molecule has 0 aliphatic heterocycles. The van der Waals surface area contributed by atoms with Gasteiger partial charge in [0, 0.05) is 6.20 Å². The van der Waals surface area contributed by atoms with Crippen LogP contribution in [0.25, 0.3) is 0 Å². The van der Waals surface area contributed by atoms with Crippen LogP contribution in [0.4, 0.5) is 0 Å². The molecular formula is C17H20N2O3. The van der Waals surface area contributed by atoms with E-state index < -0.39 is 6.04 Å². The van der Waals surface area contributed by atoms with Gasteiger partial charge in [-0.1, -0.05) is 30.3 Å². The molecule has 0 aliphatic carbocycles. The van der Waals surface area contributed by atoms with Crippen molar-refractivity contribution in [1.82, 2.24) is 10.3 Å². The molecule has 5 nitrogen and oxygen atoms in total. The van der Waals surface area contributed by atoms with Gasteiger partial charge in [-0.25, -0.2) is 0 Å². The van der Waals surface area contributed by atoms with Crippen molar-refractivity contribution >= 4 is 5.91 Å². The number of aliphatic hydroxyl groups excluding tert-OH is 1. The first-order valence-electron chi connectivity index (χ1n) is 7.18. The van der Waals surface area contributed by atoms with E-state index in [2.05, 4.69) is 10.3 Å².